The number of carbonyl (C=O) groups is 2. The van der Waals surface area contributed by atoms with E-state index < -0.39 is 5.97 Å². The fraction of sp³-hybridized carbons (Fsp3) is 0.286. The predicted molar refractivity (Wildman–Crippen MR) is 68.7 cm³/mol. The van der Waals surface area contributed by atoms with E-state index in [9.17, 15) is 9.59 Å². The van der Waals surface area contributed by atoms with Gasteiger partial charge < -0.3 is 14.3 Å². The summed E-state index contributed by atoms with van der Waals surface area (Å²) in [7, 11) is 1.53. The summed E-state index contributed by atoms with van der Waals surface area (Å²) in [5.41, 5.74) is 0.982. The molecule has 5 nitrogen and oxygen atoms in total. The number of methoxy groups -OCH3 is 1. The van der Waals surface area contributed by atoms with E-state index >= 15 is 0 Å². The largest absolute Gasteiger partial charge is 0.493 e. The highest BCUT2D eigenvalue weighted by atomic mass is 16.5. The maximum Gasteiger partial charge on any atom is 0.303 e. The molecule has 0 fully saturated rings. The molecule has 0 aliphatic carbocycles. The molecule has 0 amide bonds. The average molecular weight is 262 g/mol. The zero-order valence-electron chi connectivity index (χ0n) is 10.7. The fourth-order valence-electron chi connectivity index (χ4n) is 1.98. The normalized spacial score (nSPS) is 10.6. The molecule has 1 heterocycles. The standard InChI is InChI=1S/C14H14O5/c1-8-7-10-9(11(15)4-6-13(16)17)3-5-12(18-2)14(10)19-8/h3,5,7H,4,6H2,1-2H3,(H,16,17). The molecule has 0 atom stereocenters. The first kappa shape index (κ1) is 13.1. The number of aliphatic carboxylic acids is 1. The van der Waals surface area contributed by atoms with Crippen molar-refractivity contribution in [1.82, 2.24) is 0 Å². The number of aryl methyl sites for hydroxylation is 1. The molecule has 0 bridgehead atoms. The number of fused-ring (bicyclic) bond motifs is 1. The van der Waals surface area contributed by atoms with Crippen LogP contribution in [0.15, 0.2) is 22.6 Å². The van der Waals surface area contributed by atoms with Gasteiger partial charge in [0.15, 0.2) is 17.1 Å². The van der Waals surface area contributed by atoms with E-state index in [1.165, 1.54) is 7.11 Å². The summed E-state index contributed by atoms with van der Waals surface area (Å²) in [5.74, 6) is 0.0296. The number of hydrogen-bond acceptors (Lipinski definition) is 4. The number of carbonyl (C=O) groups excluding carboxylic acids is 1. The molecule has 5 heteroatoms. The number of Topliss-reactive ketones (excluding diaryl/α,β-unsaturated/α-hetero) is 1. The van der Waals surface area contributed by atoms with Crippen molar-refractivity contribution in [2.24, 2.45) is 0 Å². The Labute approximate surface area is 109 Å². The molecule has 0 radical (unpaired) electrons. The first-order valence-corrected chi connectivity index (χ1v) is 5.85. The maximum atomic E-state index is 12.0. The first-order valence-electron chi connectivity index (χ1n) is 5.85. The van der Waals surface area contributed by atoms with Crippen LogP contribution < -0.4 is 4.74 Å². The summed E-state index contributed by atoms with van der Waals surface area (Å²) < 4.78 is 10.7. The van der Waals surface area contributed by atoms with Gasteiger partial charge in [0.05, 0.1) is 13.5 Å². The number of rotatable bonds is 5. The molecule has 0 aliphatic heterocycles. The van der Waals surface area contributed by atoms with Gasteiger partial charge in [-0.3, -0.25) is 9.59 Å². The third kappa shape index (κ3) is 2.59. The predicted octanol–water partition coefficient (Wildman–Crippen LogP) is 2.80. The Hall–Kier alpha value is -2.30. The van der Waals surface area contributed by atoms with Gasteiger partial charge in [0.2, 0.25) is 0 Å². The second-order valence-electron chi connectivity index (χ2n) is 4.23. The minimum absolute atomic E-state index is 0.0268. The number of furan rings is 1. The fourth-order valence-corrected chi connectivity index (χ4v) is 1.98. The van der Waals surface area contributed by atoms with Crippen molar-refractivity contribution >= 4 is 22.7 Å². The summed E-state index contributed by atoms with van der Waals surface area (Å²) in [6, 6.07) is 5.05. The molecule has 100 valence electrons. The van der Waals surface area contributed by atoms with E-state index in [1.807, 2.05) is 0 Å². The van der Waals surface area contributed by atoms with E-state index in [2.05, 4.69) is 0 Å². The molecule has 0 saturated heterocycles. The van der Waals surface area contributed by atoms with Gasteiger partial charge in [-0.05, 0) is 25.1 Å². The van der Waals surface area contributed by atoms with Crippen LogP contribution in [0.1, 0.15) is 29.0 Å². The lowest BCUT2D eigenvalue weighted by molar-refractivity contribution is -0.136. The number of ketones is 1. The molecule has 2 aromatic rings. The molecule has 0 saturated carbocycles. The molecular weight excluding hydrogens is 248 g/mol. The molecule has 2 rings (SSSR count). The van der Waals surface area contributed by atoms with Crippen molar-refractivity contribution < 1.29 is 23.8 Å². The van der Waals surface area contributed by atoms with Gasteiger partial charge in [0.25, 0.3) is 0 Å². The lowest BCUT2D eigenvalue weighted by Crippen LogP contribution is -2.04. The smallest absolute Gasteiger partial charge is 0.303 e. The van der Waals surface area contributed by atoms with Gasteiger partial charge in [-0.1, -0.05) is 0 Å². The van der Waals surface area contributed by atoms with Crippen molar-refractivity contribution in [2.45, 2.75) is 19.8 Å². The number of carboxylic acid groups (broad SMARTS) is 1. The Morgan fingerprint density at radius 3 is 2.68 bits per heavy atom. The van der Waals surface area contributed by atoms with Crippen LogP contribution in [-0.4, -0.2) is 24.0 Å². The van der Waals surface area contributed by atoms with Crippen LogP contribution in [0.4, 0.5) is 0 Å². The minimum atomic E-state index is -0.985. The minimum Gasteiger partial charge on any atom is -0.493 e. The second kappa shape index (κ2) is 5.14. The summed E-state index contributed by atoms with van der Waals surface area (Å²) in [6.07, 6.45) is -0.204. The van der Waals surface area contributed by atoms with Gasteiger partial charge in [-0.2, -0.15) is 0 Å². The van der Waals surface area contributed by atoms with Gasteiger partial charge in [-0.15, -0.1) is 0 Å². The molecule has 1 aromatic carbocycles. The van der Waals surface area contributed by atoms with Crippen LogP contribution in [0.3, 0.4) is 0 Å². The highest BCUT2D eigenvalue weighted by molar-refractivity contribution is 6.09. The van der Waals surface area contributed by atoms with E-state index in [0.717, 1.165) is 0 Å². The first-order chi connectivity index (χ1) is 9.02. The Morgan fingerprint density at radius 1 is 1.32 bits per heavy atom. The Morgan fingerprint density at radius 2 is 2.05 bits per heavy atom. The Kier molecular flexibility index (Phi) is 3.55. The van der Waals surface area contributed by atoms with Crippen LogP contribution in [0.25, 0.3) is 11.0 Å². The van der Waals surface area contributed by atoms with Gasteiger partial charge >= 0.3 is 5.97 Å². The van der Waals surface area contributed by atoms with E-state index in [-0.39, 0.29) is 18.6 Å². The topological polar surface area (TPSA) is 76.7 Å². The van der Waals surface area contributed by atoms with Crippen molar-refractivity contribution in [1.29, 1.82) is 0 Å². The van der Waals surface area contributed by atoms with E-state index in [0.29, 0.717) is 28.0 Å². The second-order valence-corrected chi connectivity index (χ2v) is 4.23. The highest BCUT2D eigenvalue weighted by Crippen LogP contribution is 2.31. The van der Waals surface area contributed by atoms with Gasteiger partial charge in [0, 0.05) is 17.4 Å². The van der Waals surface area contributed by atoms with Crippen LogP contribution in [0.2, 0.25) is 0 Å². The third-order valence-electron chi connectivity index (χ3n) is 2.86. The number of ether oxygens (including phenoxy) is 1. The van der Waals surface area contributed by atoms with Crippen LogP contribution in [0, 0.1) is 6.92 Å². The number of carboxylic acids is 1. The highest BCUT2D eigenvalue weighted by Gasteiger charge is 2.17. The van der Waals surface area contributed by atoms with E-state index in [4.69, 9.17) is 14.3 Å². The molecular formula is C14H14O5. The average Bonchev–Trinajstić information content (AvgIpc) is 2.75. The third-order valence-corrected chi connectivity index (χ3v) is 2.86. The molecule has 0 unspecified atom stereocenters. The lowest BCUT2D eigenvalue weighted by Gasteiger charge is -2.04. The van der Waals surface area contributed by atoms with Crippen molar-refractivity contribution in [3.63, 3.8) is 0 Å². The van der Waals surface area contributed by atoms with E-state index in [1.54, 1.807) is 25.1 Å². The summed E-state index contributed by atoms with van der Waals surface area (Å²) in [5, 5.41) is 9.28. The van der Waals surface area contributed by atoms with Crippen LogP contribution in [-0.2, 0) is 4.79 Å². The molecule has 0 aliphatic rings. The zero-order valence-corrected chi connectivity index (χ0v) is 10.7. The Bertz CT molecular complexity index is 639. The molecule has 1 N–H and O–H groups in total. The molecule has 0 spiro atoms. The van der Waals surface area contributed by atoms with Crippen LogP contribution in [0.5, 0.6) is 5.75 Å². The van der Waals surface area contributed by atoms with Crippen molar-refractivity contribution in [3.8, 4) is 5.75 Å². The maximum absolute atomic E-state index is 12.0. The summed E-state index contributed by atoms with van der Waals surface area (Å²) in [6.45, 7) is 1.78. The number of benzene rings is 1. The lowest BCUT2D eigenvalue weighted by atomic mass is 10.0. The monoisotopic (exact) mass is 262 g/mol. The summed E-state index contributed by atoms with van der Waals surface area (Å²) in [4.78, 5) is 22.5. The zero-order chi connectivity index (χ0) is 14.0. The number of hydrogen-bond donors (Lipinski definition) is 1. The molecule has 19 heavy (non-hydrogen) atoms. The quantitative estimate of drug-likeness (QED) is 0.838. The van der Waals surface area contributed by atoms with Gasteiger partial charge in [0.1, 0.15) is 5.76 Å². The van der Waals surface area contributed by atoms with Crippen molar-refractivity contribution in [3.05, 3.63) is 29.5 Å². The van der Waals surface area contributed by atoms with Gasteiger partial charge in [-0.25, -0.2) is 0 Å². The molecule has 1 aromatic heterocycles. The van der Waals surface area contributed by atoms with Crippen LogP contribution >= 0.6 is 0 Å². The summed E-state index contributed by atoms with van der Waals surface area (Å²) >= 11 is 0. The Balaban J connectivity index is 2.44. The SMILES string of the molecule is COc1ccc(C(=O)CCC(=O)O)c2cc(C)oc12. The van der Waals surface area contributed by atoms with Crippen molar-refractivity contribution in [2.75, 3.05) is 7.11 Å².